The largest absolute Gasteiger partial charge is 0.497 e. The zero-order chi connectivity index (χ0) is 12.1. The van der Waals surface area contributed by atoms with Gasteiger partial charge in [-0.2, -0.15) is 0 Å². The van der Waals surface area contributed by atoms with Gasteiger partial charge in [-0.25, -0.2) is 4.98 Å². The van der Waals surface area contributed by atoms with Crippen LogP contribution >= 0.6 is 0 Å². The average molecular weight is 230 g/mol. The summed E-state index contributed by atoms with van der Waals surface area (Å²) in [6.07, 6.45) is 1.70. The van der Waals surface area contributed by atoms with Crippen molar-refractivity contribution in [1.82, 2.24) is 4.98 Å². The smallest absolute Gasteiger partial charge is 0.132 e. The minimum Gasteiger partial charge on any atom is -0.497 e. The van der Waals surface area contributed by atoms with Gasteiger partial charge in [-0.15, -0.1) is 0 Å². The molecular weight excluding hydrogens is 216 g/mol. The summed E-state index contributed by atoms with van der Waals surface area (Å²) in [4.78, 5) is 4.12. The molecule has 0 saturated heterocycles. The van der Waals surface area contributed by atoms with Gasteiger partial charge in [-0.05, 0) is 30.3 Å². The van der Waals surface area contributed by atoms with E-state index in [1.54, 1.807) is 13.3 Å². The Morgan fingerprint density at radius 1 is 1.00 bits per heavy atom. The Labute approximate surface area is 100 Å². The van der Waals surface area contributed by atoms with Crippen LogP contribution in [0.4, 0.5) is 5.82 Å². The number of pyridine rings is 1. The second kappa shape index (κ2) is 5.21. The maximum absolute atomic E-state index is 5.68. The van der Waals surface area contributed by atoms with E-state index in [0.29, 0.717) is 0 Å². The highest BCUT2D eigenvalue weighted by Crippen LogP contribution is 2.24. The molecule has 0 fully saturated rings. The van der Waals surface area contributed by atoms with Crippen LogP contribution in [0.2, 0.25) is 0 Å². The quantitative estimate of drug-likeness (QED) is 0.877. The van der Waals surface area contributed by atoms with Crippen LogP contribution in [-0.4, -0.2) is 19.1 Å². The number of hydrogen-bond acceptors (Lipinski definition) is 4. The Bertz CT molecular complexity index is 483. The monoisotopic (exact) mass is 230 g/mol. The van der Waals surface area contributed by atoms with E-state index in [9.17, 15) is 0 Å². The molecule has 4 nitrogen and oxygen atoms in total. The van der Waals surface area contributed by atoms with Crippen molar-refractivity contribution in [2.45, 2.75) is 0 Å². The lowest BCUT2D eigenvalue weighted by molar-refractivity contribution is 0.413. The maximum Gasteiger partial charge on any atom is 0.132 e. The molecule has 0 unspecified atom stereocenters. The molecule has 1 N–H and O–H groups in total. The molecule has 0 spiro atoms. The van der Waals surface area contributed by atoms with E-state index in [-0.39, 0.29) is 0 Å². The summed E-state index contributed by atoms with van der Waals surface area (Å²) in [5.41, 5.74) is 0. The first-order valence-electron chi connectivity index (χ1n) is 5.27. The van der Waals surface area contributed by atoms with Gasteiger partial charge in [0.2, 0.25) is 0 Å². The van der Waals surface area contributed by atoms with Gasteiger partial charge >= 0.3 is 0 Å². The Balaban J connectivity index is 2.13. The molecule has 2 aromatic rings. The molecule has 0 bridgehead atoms. The lowest BCUT2D eigenvalue weighted by Crippen LogP contribution is -1.92. The van der Waals surface area contributed by atoms with E-state index in [0.717, 1.165) is 23.1 Å². The number of nitrogens with one attached hydrogen (secondary N) is 1. The molecule has 1 aromatic heterocycles. The molecule has 88 valence electrons. The number of rotatable bonds is 4. The van der Waals surface area contributed by atoms with Crippen molar-refractivity contribution in [1.29, 1.82) is 0 Å². The molecule has 0 aliphatic carbocycles. The zero-order valence-electron chi connectivity index (χ0n) is 9.81. The fraction of sp³-hybridized carbons (Fsp3) is 0.154. The van der Waals surface area contributed by atoms with Gasteiger partial charge in [-0.3, -0.25) is 0 Å². The standard InChI is InChI=1S/C13H14N2O2/c1-14-13-9-12(7-8-15-13)17-11-5-3-10(16-2)4-6-11/h3-9H,1-2H3,(H,14,15). The van der Waals surface area contributed by atoms with Gasteiger partial charge in [0.25, 0.3) is 0 Å². The molecular formula is C13H14N2O2. The summed E-state index contributed by atoms with van der Waals surface area (Å²) in [6, 6.07) is 11.1. The lowest BCUT2D eigenvalue weighted by Gasteiger charge is -2.07. The summed E-state index contributed by atoms with van der Waals surface area (Å²) in [5.74, 6) is 3.09. The third-order valence-corrected chi connectivity index (χ3v) is 2.28. The predicted molar refractivity (Wildman–Crippen MR) is 66.9 cm³/mol. The van der Waals surface area contributed by atoms with Crippen molar-refractivity contribution in [3.63, 3.8) is 0 Å². The fourth-order valence-corrected chi connectivity index (χ4v) is 1.39. The van der Waals surface area contributed by atoms with Crippen LogP contribution < -0.4 is 14.8 Å². The van der Waals surface area contributed by atoms with Crippen LogP contribution in [0.15, 0.2) is 42.6 Å². The third kappa shape index (κ3) is 2.87. The predicted octanol–water partition coefficient (Wildman–Crippen LogP) is 2.92. The summed E-state index contributed by atoms with van der Waals surface area (Å²) >= 11 is 0. The van der Waals surface area contributed by atoms with Crippen molar-refractivity contribution in [2.75, 3.05) is 19.5 Å². The molecule has 0 saturated carbocycles. The highest BCUT2D eigenvalue weighted by Gasteiger charge is 1.99. The van der Waals surface area contributed by atoms with Crippen LogP contribution in [0.3, 0.4) is 0 Å². The van der Waals surface area contributed by atoms with E-state index in [1.807, 2.05) is 43.4 Å². The highest BCUT2D eigenvalue weighted by atomic mass is 16.5. The number of methoxy groups -OCH3 is 1. The first-order chi connectivity index (χ1) is 8.31. The van der Waals surface area contributed by atoms with Gasteiger partial charge in [0.05, 0.1) is 7.11 Å². The number of anilines is 1. The van der Waals surface area contributed by atoms with Crippen LogP contribution in [0.1, 0.15) is 0 Å². The minimum atomic E-state index is 0.745. The van der Waals surface area contributed by atoms with Crippen LogP contribution in [0, 0.1) is 0 Å². The van der Waals surface area contributed by atoms with Gasteiger partial charge in [-0.1, -0.05) is 0 Å². The molecule has 0 radical (unpaired) electrons. The highest BCUT2D eigenvalue weighted by molar-refractivity contribution is 5.42. The summed E-state index contributed by atoms with van der Waals surface area (Å²) in [5, 5.41) is 2.96. The average Bonchev–Trinajstić information content (AvgIpc) is 2.40. The van der Waals surface area contributed by atoms with E-state index in [1.165, 1.54) is 0 Å². The Kier molecular flexibility index (Phi) is 3.45. The normalized spacial score (nSPS) is 9.76. The van der Waals surface area contributed by atoms with Crippen LogP contribution in [0.25, 0.3) is 0 Å². The van der Waals surface area contributed by atoms with Crippen LogP contribution in [-0.2, 0) is 0 Å². The minimum absolute atomic E-state index is 0.745. The van der Waals surface area contributed by atoms with Crippen LogP contribution in [0.5, 0.6) is 17.2 Å². The number of nitrogens with zero attached hydrogens (tertiary/aromatic N) is 1. The Morgan fingerprint density at radius 2 is 1.71 bits per heavy atom. The summed E-state index contributed by atoms with van der Waals surface area (Å²) in [7, 11) is 3.46. The van der Waals surface area contributed by atoms with Crippen molar-refractivity contribution in [3.8, 4) is 17.2 Å². The Hall–Kier alpha value is -2.23. The molecule has 2 rings (SSSR count). The molecule has 17 heavy (non-hydrogen) atoms. The number of hydrogen-bond donors (Lipinski definition) is 1. The maximum atomic E-state index is 5.68. The number of benzene rings is 1. The van der Waals surface area contributed by atoms with Crippen molar-refractivity contribution in [3.05, 3.63) is 42.6 Å². The van der Waals surface area contributed by atoms with E-state index >= 15 is 0 Å². The van der Waals surface area contributed by atoms with Gasteiger partial charge in [0.15, 0.2) is 0 Å². The van der Waals surface area contributed by atoms with Crippen molar-refractivity contribution >= 4 is 5.82 Å². The first-order valence-corrected chi connectivity index (χ1v) is 5.27. The second-order valence-corrected chi connectivity index (χ2v) is 3.40. The molecule has 1 aromatic carbocycles. The SMILES string of the molecule is CNc1cc(Oc2ccc(OC)cc2)ccn1. The summed E-state index contributed by atoms with van der Waals surface area (Å²) in [6.45, 7) is 0. The molecule has 0 aliphatic heterocycles. The van der Waals surface area contributed by atoms with Gasteiger partial charge in [0.1, 0.15) is 23.1 Å². The van der Waals surface area contributed by atoms with E-state index in [2.05, 4.69) is 10.3 Å². The van der Waals surface area contributed by atoms with Crippen molar-refractivity contribution < 1.29 is 9.47 Å². The summed E-state index contributed by atoms with van der Waals surface area (Å²) < 4.78 is 10.8. The lowest BCUT2D eigenvalue weighted by atomic mass is 10.3. The molecule has 0 aliphatic rings. The zero-order valence-corrected chi connectivity index (χ0v) is 9.81. The topological polar surface area (TPSA) is 43.4 Å². The number of ether oxygens (including phenoxy) is 2. The molecule has 4 heteroatoms. The van der Waals surface area contributed by atoms with E-state index in [4.69, 9.17) is 9.47 Å². The van der Waals surface area contributed by atoms with Gasteiger partial charge in [0, 0.05) is 19.3 Å². The van der Waals surface area contributed by atoms with Gasteiger partial charge < -0.3 is 14.8 Å². The fourth-order valence-electron chi connectivity index (χ4n) is 1.39. The third-order valence-electron chi connectivity index (χ3n) is 2.28. The second-order valence-electron chi connectivity index (χ2n) is 3.40. The molecule has 0 amide bonds. The number of aromatic nitrogens is 1. The molecule has 1 heterocycles. The molecule has 0 atom stereocenters. The first kappa shape index (κ1) is 11.3. The van der Waals surface area contributed by atoms with Crippen molar-refractivity contribution in [2.24, 2.45) is 0 Å². The van der Waals surface area contributed by atoms with E-state index < -0.39 is 0 Å². The Morgan fingerprint density at radius 3 is 2.35 bits per heavy atom.